The zero-order valence-corrected chi connectivity index (χ0v) is 22.8. The maximum atomic E-state index is 5.69. The molecular formula is C15H30AsN3S6. The monoisotopic (exact) mass is 519 g/mol. The van der Waals surface area contributed by atoms with Crippen LogP contribution in [0.25, 0.3) is 0 Å². The Balaban J connectivity index is 5.12. The first-order valence-corrected chi connectivity index (χ1v) is 19.0. The van der Waals surface area contributed by atoms with Crippen molar-refractivity contribution in [3.63, 3.8) is 0 Å². The number of nitrogens with zero attached hydrogens (tertiary/aromatic N) is 3. The summed E-state index contributed by atoms with van der Waals surface area (Å²) >= 11 is 15.5. The molecule has 0 saturated carbocycles. The van der Waals surface area contributed by atoms with Crippen molar-refractivity contribution in [1.29, 1.82) is 0 Å². The fourth-order valence-electron chi connectivity index (χ4n) is 1.87. The van der Waals surface area contributed by atoms with Gasteiger partial charge in [-0.1, -0.05) is 0 Å². The van der Waals surface area contributed by atoms with E-state index in [0.29, 0.717) is 0 Å². The van der Waals surface area contributed by atoms with Gasteiger partial charge in [0, 0.05) is 0 Å². The van der Waals surface area contributed by atoms with Crippen LogP contribution in [0.3, 0.4) is 0 Å². The molecule has 0 aliphatic carbocycles. The molecule has 0 aliphatic rings. The Labute approximate surface area is 185 Å². The van der Waals surface area contributed by atoms with E-state index in [1.165, 1.54) is 0 Å². The Morgan fingerprint density at radius 3 is 0.920 bits per heavy atom. The Morgan fingerprint density at radius 1 is 0.560 bits per heavy atom. The summed E-state index contributed by atoms with van der Waals surface area (Å²) in [5, 5.41) is 0. The third kappa shape index (κ3) is 9.86. The predicted octanol–water partition coefficient (Wildman–Crippen LogP) is 5.05. The molecule has 0 saturated heterocycles. The van der Waals surface area contributed by atoms with Crippen molar-refractivity contribution in [2.75, 3.05) is 39.3 Å². The topological polar surface area (TPSA) is 9.72 Å². The number of rotatable bonds is 9. The van der Waals surface area contributed by atoms with Crippen molar-refractivity contribution in [3.8, 4) is 0 Å². The van der Waals surface area contributed by atoms with Gasteiger partial charge in [0.05, 0.1) is 0 Å². The van der Waals surface area contributed by atoms with Crippen molar-refractivity contribution >= 4 is 90.9 Å². The fourth-order valence-corrected chi connectivity index (χ4v) is 25.8. The third-order valence-corrected chi connectivity index (χ3v) is 22.2. The minimum absolute atomic E-state index is 0.945. The van der Waals surface area contributed by atoms with E-state index in [0.717, 1.165) is 52.2 Å². The van der Waals surface area contributed by atoms with Crippen LogP contribution >= 0.6 is 66.7 Å². The SMILES string of the molecule is CCN(CC)C(=S)S[As](SC(=S)N(CC)CC)SC(=S)N(CC)CC. The Morgan fingerprint density at radius 2 is 0.760 bits per heavy atom. The van der Waals surface area contributed by atoms with Gasteiger partial charge in [-0.15, -0.1) is 0 Å². The second-order valence-electron chi connectivity index (χ2n) is 4.81. The first-order valence-electron chi connectivity index (χ1n) is 8.58. The third-order valence-electron chi connectivity index (χ3n) is 3.52. The molecule has 0 amide bonds. The molecular weight excluding hydrogens is 490 g/mol. The van der Waals surface area contributed by atoms with E-state index < -0.39 is 11.2 Å². The van der Waals surface area contributed by atoms with Crippen molar-refractivity contribution in [3.05, 3.63) is 0 Å². The van der Waals surface area contributed by atoms with Gasteiger partial charge >= 0.3 is 186 Å². The molecule has 0 radical (unpaired) electrons. The summed E-state index contributed by atoms with van der Waals surface area (Å²) in [5.74, 6) is 0. The normalized spacial score (nSPS) is 10.7. The van der Waals surface area contributed by atoms with Gasteiger partial charge in [-0.05, 0) is 0 Å². The van der Waals surface area contributed by atoms with E-state index in [9.17, 15) is 0 Å². The molecule has 0 aromatic carbocycles. The zero-order valence-electron chi connectivity index (χ0n) is 16.0. The summed E-state index contributed by atoms with van der Waals surface area (Å²) in [6, 6.07) is 0. The average Bonchev–Trinajstić information content (AvgIpc) is 2.57. The Bertz CT molecular complexity index is 364. The average molecular weight is 520 g/mol. The van der Waals surface area contributed by atoms with Crippen LogP contribution in [0.15, 0.2) is 0 Å². The number of hydrogen-bond donors (Lipinski definition) is 0. The predicted molar refractivity (Wildman–Crippen MR) is 135 cm³/mol. The summed E-state index contributed by atoms with van der Waals surface area (Å²) in [4.78, 5) is 6.72. The first-order chi connectivity index (χ1) is 11.9. The Kier molecular flexibility index (Phi) is 16.0. The summed E-state index contributed by atoms with van der Waals surface area (Å²) in [6.07, 6.45) is 0. The molecule has 0 heterocycles. The van der Waals surface area contributed by atoms with Crippen molar-refractivity contribution < 1.29 is 0 Å². The summed E-state index contributed by atoms with van der Waals surface area (Å²) in [6.45, 7) is 18.6. The molecule has 0 aromatic heterocycles. The number of thiocarbonyl (C=S) groups is 3. The van der Waals surface area contributed by atoms with Crippen LogP contribution in [0, 0.1) is 0 Å². The van der Waals surface area contributed by atoms with E-state index in [-0.39, 0.29) is 0 Å². The van der Waals surface area contributed by atoms with Gasteiger partial charge < -0.3 is 0 Å². The quantitative estimate of drug-likeness (QED) is 0.303. The van der Waals surface area contributed by atoms with E-state index in [1.54, 1.807) is 0 Å². The molecule has 0 N–H and O–H groups in total. The molecule has 0 aliphatic heterocycles. The van der Waals surface area contributed by atoms with Crippen LogP contribution in [0.2, 0.25) is 0 Å². The molecule has 0 rings (SSSR count). The molecule has 0 atom stereocenters. The molecule has 0 bridgehead atoms. The summed E-state index contributed by atoms with van der Waals surface area (Å²) < 4.78 is 2.94. The molecule has 0 fully saturated rings. The Hall–Kier alpha value is 1.28. The molecule has 146 valence electrons. The number of hydrogen-bond acceptors (Lipinski definition) is 6. The van der Waals surface area contributed by atoms with Crippen LogP contribution < -0.4 is 0 Å². The van der Waals surface area contributed by atoms with Gasteiger partial charge in [-0.3, -0.25) is 0 Å². The zero-order chi connectivity index (χ0) is 19.4. The van der Waals surface area contributed by atoms with Gasteiger partial charge in [0.2, 0.25) is 0 Å². The van der Waals surface area contributed by atoms with E-state index >= 15 is 0 Å². The van der Waals surface area contributed by atoms with Crippen molar-refractivity contribution in [2.24, 2.45) is 0 Å². The van der Waals surface area contributed by atoms with Crippen LogP contribution in [-0.4, -0.2) is 78.1 Å². The van der Waals surface area contributed by atoms with E-state index in [4.69, 9.17) is 36.7 Å². The van der Waals surface area contributed by atoms with Crippen LogP contribution in [-0.2, 0) is 0 Å². The molecule has 0 spiro atoms. The first kappa shape index (κ1) is 26.3. The second-order valence-corrected chi connectivity index (χ2v) is 22.1. The summed E-state index contributed by atoms with van der Waals surface area (Å²) in [7, 11) is 5.51. The fraction of sp³-hybridized carbons (Fsp3) is 0.800. The van der Waals surface area contributed by atoms with E-state index in [1.807, 2.05) is 30.1 Å². The van der Waals surface area contributed by atoms with Gasteiger partial charge in [0.25, 0.3) is 0 Å². The van der Waals surface area contributed by atoms with Crippen LogP contribution in [0.5, 0.6) is 0 Å². The van der Waals surface area contributed by atoms with Gasteiger partial charge in [-0.25, -0.2) is 0 Å². The molecule has 10 heteroatoms. The van der Waals surface area contributed by atoms with E-state index in [2.05, 4.69) is 56.2 Å². The van der Waals surface area contributed by atoms with Crippen LogP contribution in [0.1, 0.15) is 41.5 Å². The van der Waals surface area contributed by atoms with Crippen molar-refractivity contribution in [1.82, 2.24) is 14.7 Å². The van der Waals surface area contributed by atoms with Crippen LogP contribution in [0.4, 0.5) is 0 Å². The minimum atomic E-state index is -1.54. The van der Waals surface area contributed by atoms with Gasteiger partial charge in [0.15, 0.2) is 0 Å². The standard InChI is InChI=1S/C15H30AsN3S6/c1-7-17(8-2)13(20)23-16(24-14(21)18(9-3)10-4)25-15(22)19(11-5)12-6/h7-12H2,1-6H3. The van der Waals surface area contributed by atoms with Gasteiger partial charge in [0.1, 0.15) is 0 Å². The summed E-state index contributed by atoms with van der Waals surface area (Å²) in [5.41, 5.74) is 0. The molecule has 0 aromatic rings. The van der Waals surface area contributed by atoms with Crippen molar-refractivity contribution in [2.45, 2.75) is 41.5 Å². The molecule has 0 unspecified atom stereocenters. The molecule has 25 heavy (non-hydrogen) atoms. The maximum absolute atomic E-state index is 5.69. The second kappa shape index (κ2) is 15.2. The van der Waals surface area contributed by atoms with Gasteiger partial charge in [-0.2, -0.15) is 0 Å². The molecule has 3 nitrogen and oxygen atoms in total.